The molecule has 6 heteroatoms. The quantitative estimate of drug-likeness (QED) is 0.607. The Morgan fingerprint density at radius 2 is 2.19 bits per heavy atom. The van der Waals surface area contributed by atoms with Gasteiger partial charge >= 0.3 is 12.0 Å². The molecule has 0 bridgehead atoms. The lowest BCUT2D eigenvalue weighted by atomic mass is 10.2. The highest BCUT2D eigenvalue weighted by atomic mass is 35.5. The number of rotatable bonds is 1. The molecule has 0 saturated carbocycles. The van der Waals surface area contributed by atoms with E-state index in [1.165, 1.54) is 19.1 Å². The number of aromatic nitrogens is 2. The monoisotopic (exact) mass is 238 g/mol. The van der Waals surface area contributed by atoms with Crippen molar-refractivity contribution in [2.45, 2.75) is 6.92 Å². The van der Waals surface area contributed by atoms with Crippen LogP contribution in [0.25, 0.3) is 10.9 Å². The highest BCUT2D eigenvalue weighted by Gasteiger charge is 2.09. The molecule has 0 radical (unpaired) electrons. The van der Waals surface area contributed by atoms with Gasteiger partial charge in [0.05, 0.1) is 5.52 Å². The summed E-state index contributed by atoms with van der Waals surface area (Å²) in [6, 6.07) is 4.36. The standard InChI is InChI=1S/C10H7ClN2O3/c1-5(14)16-10-12-8-3-2-6(15)4-7(8)9(11)13-10/h2-4,15H,1H3. The third-order valence-corrected chi connectivity index (χ3v) is 2.14. The van der Waals surface area contributed by atoms with Crippen molar-refractivity contribution >= 4 is 28.5 Å². The van der Waals surface area contributed by atoms with Gasteiger partial charge in [0.15, 0.2) is 0 Å². The van der Waals surface area contributed by atoms with E-state index in [0.717, 1.165) is 0 Å². The summed E-state index contributed by atoms with van der Waals surface area (Å²) in [6.07, 6.45) is 0. The molecule has 1 heterocycles. The van der Waals surface area contributed by atoms with Crippen LogP contribution < -0.4 is 4.74 Å². The number of fused-ring (bicyclic) bond motifs is 1. The Morgan fingerprint density at radius 1 is 1.44 bits per heavy atom. The molecule has 0 saturated heterocycles. The zero-order valence-electron chi connectivity index (χ0n) is 8.27. The summed E-state index contributed by atoms with van der Waals surface area (Å²) in [5.74, 6) is -0.451. The van der Waals surface area contributed by atoms with Crippen LogP contribution in [-0.2, 0) is 4.79 Å². The van der Waals surface area contributed by atoms with Gasteiger partial charge in [-0.2, -0.15) is 9.97 Å². The number of phenolic OH excluding ortho intramolecular Hbond substituents is 1. The van der Waals surface area contributed by atoms with Gasteiger partial charge in [0.25, 0.3) is 0 Å². The van der Waals surface area contributed by atoms with E-state index >= 15 is 0 Å². The Kier molecular flexibility index (Phi) is 2.62. The molecule has 0 spiro atoms. The molecule has 2 rings (SSSR count). The number of hydrogen-bond acceptors (Lipinski definition) is 5. The van der Waals surface area contributed by atoms with Crippen LogP contribution in [0.4, 0.5) is 0 Å². The first-order chi connectivity index (χ1) is 7.56. The molecule has 0 fully saturated rings. The molecule has 0 unspecified atom stereocenters. The maximum atomic E-state index is 10.7. The molecular weight excluding hydrogens is 232 g/mol. The van der Waals surface area contributed by atoms with Crippen molar-refractivity contribution in [3.63, 3.8) is 0 Å². The number of esters is 1. The van der Waals surface area contributed by atoms with Crippen LogP contribution in [0, 0.1) is 0 Å². The smallest absolute Gasteiger partial charge is 0.326 e. The minimum absolute atomic E-state index is 0.0678. The minimum Gasteiger partial charge on any atom is -0.508 e. The van der Waals surface area contributed by atoms with Gasteiger partial charge in [0.2, 0.25) is 0 Å². The summed E-state index contributed by atoms with van der Waals surface area (Å²) >= 11 is 5.86. The lowest BCUT2D eigenvalue weighted by Gasteiger charge is -2.03. The van der Waals surface area contributed by atoms with Crippen molar-refractivity contribution in [2.24, 2.45) is 0 Å². The van der Waals surface area contributed by atoms with Gasteiger partial charge in [-0.05, 0) is 18.2 Å². The second-order valence-corrected chi connectivity index (χ2v) is 3.45. The fourth-order valence-electron chi connectivity index (χ4n) is 1.23. The SMILES string of the molecule is CC(=O)Oc1nc(Cl)c2cc(O)ccc2n1. The largest absolute Gasteiger partial charge is 0.508 e. The third-order valence-electron chi connectivity index (χ3n) is 1.85. The maximum absolute atomic E-state index is 10.7. The van der Waals surface area contributed by atoms with Crippen LogP contribution in [0.15, 0.2) is 18.2 Å². The number of carbonyl (C=O) groups is 1. The third kappa shape index (κ3) is 2.04. The Bertz CT molecular complexity index is 571. The predicted octanol–water partition coefficient (Wildman–Crippen LogP) is 1.91. The van der Waals surface area contributed by atoms with E-state index < -0.39 is 5.97 Å². The van der Waals surface area contributed by atoms with E-state index in [1.807, 2.05) is 0 Å². The highest BCUT2D eigenvalue weighted by molar-refractivity contribution is 6.34. The molecule has 2 aromatic rings. The number of benzene rings is 1. The second-order valence-electron chi connectivity index (χ2n) is 3.09. The summed E-state index contributed by atoms with van der Waals surface area (Å²) < 4.78 is 4.73. The van der Waals surface area contributed by atoms with E-state index in [9.17, 15) is 9.90 Å². The molecule has 82 valence electrons. The molecule has 0 aliphatic rings. The average Bonchev–Trinajstić information content (AvgIpc) is 2.18. The molecule has 0 aliphatic heterocycles. The van der Waals surface area contributed by atoms with E-state index in [1.54, 1.807) is 6.07 Å². The summed E-state index contributed by atoms with van der Waals surface area (Å²) in [6.45, 7) is 1.25. The Morgan fingerprint density at radius 3 is 2.88 bits per heavy atom. The van der Waals surface area contributed by atoms with Crippen LogP contribution in [0.1, 0.15) is 6.92 Å². The lowest BCUT2D eigenvalue weighted by molar-refractivity contribution is -0.132. The zero-order chi connectivity index (χ0) is 11.7. The van der Waals surface area contributed by atoms with Crippen molar-refractivity contribution in [2.75, 3.05) is 0 Å². The highest BCUT2D eigenvalue weighted by Crippen LogP contribution is 2.26. The van der Waals surface area contributed by atoms with Gasteiger partial charge in [-0.1, -0.05) is 11.6 Å². The minimum atomic E-state index is -0.519. The van der Waals surface area contributed by atoms with E-state index in [4.69, 9.17) is 16.3 Å². The van der Waals surface area contributed by atoms with E-state index in [0.29, 0.717) is 10.9 Å². The Hall–Kier alpha value is -1.88. The van der Waals surface area contributed by atoms with Crippen LogP contribution in [-0.4, -0.2) is 21.0 Å². The topological polar surface area (TPSA) is 72.3 Å². The predicted molar refractivity (Wildman–Crippen MR) is 57.5 cm³/mol. The summed E-state index contributed by atoms with van der Waals surface area (Å²) in [5, 5.41) is 9.89. The first-order valence-electron chi connectivity index (χ1n) is 4.41. The van der Waals surface area contributed by atoms with Crippen molar-refractivity contribution in [1.29, 1.82) is 0 Å². The lowest BCUT2D eigenvalue weighted by Crippen LogP contribution is -2.05. The van der Waals surface area contributed by atoms with Gasteiger partial charge in [-0.3, -0.25) is 4.79 Å². The van der Waals surface area contributed by atoms with Gasteiger partial charge in [-0.15, -0.1) is 0 Å². The van der Waals surface area contributed by atoms with Gasteiger partial charge in [0.1, 0.15) is 10.9 Å². The molecule has 1 aromatic carbocycles. The van der Waals surface area contributed by atoms with Crippen molar-refractivity contribution < 1.29 is 14.6 Å². The van der Waals surface area contributed by atoms with Gasteiger partial charge in [0, 0.05) is 12.3 Å². The van der Waals surface area contributed by atoms with E-state index in [-0.39, 0.29) is 16.9 Å². The van der Waals surface area contributed by atoms with Crippen LogP contribution in [0.2, 0.25) is 5.15 Å². The number of halogens is 1. The van der Waals surface area contributed by atoms with Crippen LogP contribution in [0.5, 0.6) is 11.8 Å². The van der Waals surface area contributed by atoms with Gasteiger partial charge in [-0.25, -0.2) is 0 Å². The number of ether oxygens (including phenoxy) is 1. The molecule has 0 atom stereocenters. The summed E-state index contributed by atoms with van der Waals surface area (Å²) in [4.78, 5) is 18.5. The Balaban J connectivity index is 2.59. The van der Waals surface area contributed by atoms with Crippen molar-refractivity contribution in [3.05, 3.63) is 23.4 Å². The Labute approximate surface area is 95.7 Å². The zero-order valence-corrected chi connectivity index (χ0v) is 9.02. The van der Waals surface area contributed by atoms with Crippen molar-refractivity contribution in [3.8, 4) is 11.8 Å². The average molecular weight is 239 g/mol. The number of aromatic hydroxyl groups is 1. The van der Waals surface area contributed by atoms with E-state index in [2.05, 4.69) is 9.97 Å². The molecule has 16 heavy (non-hydrogen) atoms. The van der Waals surface area contributed by atoms with Crippen LogP contribution >= 0.6 is 11.6 Å². The number of carbonyl (C=O) groups excluding carboxylic acids is 1. The second kappa shape index (κ2) is 3.94. The molecule has 5 nitrogen and oxygen atoms in total. The van der Waals surface area contributed by atoms with Crippen molar-refractivity contribution in [1.82, 2.24) is 9.97 Å². The summed E-state index contributed by atoms with van der Waals surface area (Å²) in [7, 11) is 0. The molecule has 0 amide bonds. The first kappa shape index (κ1) is 10.6. The molecule has 1 aromatic heterocycles. The molecular formula is C10H7ClN2O3. The number of hydrogen-bond donors (Lipinski definition) is 1. The normalized spacial score (nSPS) is 10.4. The fourth-order valence-corrected chi connectivity index (χ4v) is 1.46. The summed E-state index contributed by atoms with van der Waals surface area (Å²) in [5.41, 5.74) is 0.494. The fraction of sp³-hybridized carbons (Fsp3) is 0.100. The first-order valence-corrected chi connectivity index (χ1v) is 4.79. The molecule has 1 N–H and O–H groups in total. The van der Waals surface area contributed by atoms with Crippen LogP contribution in [0.3, 0.4) is 0 Å². The van der Waals surface area contributed by atoms with Gasteiger partial charge < -0.3 is 9.84 Å². The number of phenols is 1. The number of nitrogens with zero attached hydrogens (tertiary/aromatic N) is 2. The molecule has 0 aliphatic carbocycles. The maximum Gasteiger partial charge on any atom is 0.326 e.